The fourth-order valence-electron chi connectivity index (χ4n) is 3.39. The predicted octanol–water partition coefficient (Wildman–Crippen LogP) is 5.10. The van der Waals surface area contributed by atoms with Gasteiger partial charge < -0.3 is 24.6 Å². The lowest BCUT2D eigenvalue weighted by Crippen LogP contribution is -2.41. The average molecular weight is 418 g/mol. The second-order valence-electron chi connectivity index (χ2n) is 8.66. The SMILES string of the molecule is CCCCCCCCCCCCCC(C)(C)NCCOCCOCCOCCO. The summed E-state index contributed by atoms with van der Waals surface area (Å²) in [5, 5.41) is 12.2. The molecule has 0 spiro atoms. The van der Waals surface area contributed by atoms with Crippen molar-refractivity contribution in [2.45, 2.75) is 103 Å². The van der Waals surface area contributed by atoms with E-state index in [2.05, 4.69) is 26.1 Å². The maximum Gasteiger partial charge on any atom is 0.0701 e. The van der Waals surface area contributed by atoms with Gasteiger partial charge in [0.2, 0.25) is 0 Å². The number of hydrogen-bond acceptors (Lipinski definition) is 5. The van der Waals surface area contributed by atoms with Crippen molar-refractivity contribution >= 4 is 0 Å². The van der Waals surface area contributed by atoms with E-state index in [1.54, 1.807) is 0 Å². The molecule has 0 bridgehead atoms. The van der Waals surface area contributed by atoms with Crippen molar-refractivity contribution in [3.05, 3.63) is 0 Å². The van der Waals surface area contributed by atoms with Gasteiger partial charge in [-0.15, -0.1) is 0 Å². The van der Waals surface area contributed by atoms with Crippen LogP contribution in [0.1, 0.15) is 97.8 Å². The molecule has 0 unspecified atom stereocenters. The molecule has 0 aromatic rings. The molecule has 0 aromatic carbocycles. The number of ether oxygens (including phenoxy) is 3. The number of aliphatic hydroxyl groups is 1. The van der Waals surface area contributed by atoms with Crippen LogP contribution in [0.4, 0.5) is 0 Å². The molecule has 0 amide bonds. The Morgan fingerprint density at radius 3 is 1.59 bits per heavy atom. The average Bonchev–Trinajstić information content (AvgIpc) is 2.70. The van der Waals surface area contributed by atoms with E-state index in [4.69, 9.17) is 19.3 Å². The summed E-state index contributed by atoms with van der Waals surface area (Å²) in [6.07, 6.45) is 16.6. The molecule has 0 heterocycles. The van der Waals surface area contributed by atoms with Crippen LogP contribution in [0, 0.1) is 0 Å². The van der Waals surface area contributed by atoms with E-state index >= 15 is 0 Å². The van der Waals surface area contributed by atoms with Crippen molar-refractivity contribution in [3.63, 3.8) is 0 Å². The number of hydrogen-bond donors (Lipinski definition) is 2. The first kappa shape index (κ1) is 28.8. The minimum absolute atomic E-state index is 0.0612. The van der Waals surface area contributed by atoms with Crippen LogP contribution < -0.4 is 5.32 Å². The van der Waals surface area contributed by atoms with Gasteiger partial charge in [-0.2, -0.15) is 0 Å². The molecule has 0 saturated carbocycles. The lowest BCUT2D eigenvalue weighted by atomic mass is 9.96. The van der Waals surface area contributed by atoms with Crippen LogP contribution in [0.5, 0.6) is 0 Å². The lowest BCUT2D eigenvalue weighted by molar-refractivity contribution is 0.00763. The Kier molecular flexibility index (Phi) is 22.3. The molecule has 0 aromatic heterocycles. The third kappa shape index (κ3) is 23.9. The number of rotatable bonds is 24. The highest BCUT2D eigenvalue weighted by molar-refractivity contribution is 4.76. The Balaban J connectivity index is 3.30. The van der Waals surface area contributed by atoms with E-state index in [-0.39, 0.29) is 12.1 Å². The van der Waals surface area contributed by atoms with Gasteiger partial charge in [0.05, 0.1) is 46.2 Å². The zero-order chi connectivity index (χ0) is 21.5. The highest BCUT2D eigenvalue weighted by atomic mass is 16.5. The first-order chi connectivity index (χ1) is 14.1. The quantitative estimate of drug-likeness (QED) is 0.214. The molecule has 5 heteroatoms. The summed E-state index contributed by atoms with van der Waals surface area (Å²) >= 11 is 0. The van der Waals surface area contributed by atoms with E-state index < -0.39 is 0 Å². The molecule has 5 nitrogen and oxygen atoms in total. The van der Waals surface area contributed by atoms with Gasteiger partial charge in [0.1, 0.15) is 0 Å². The second-order valence-corrected chi connectivity index (χ2v) is 8.66. The minimum Gasteiger partial charge on any atom is -0.394 e. The van der Waals surface area contributed by atoms with Gasteiger partial charge in [-0.3, -0.25) is 0 Å². The Morgan fingerprint density at radius 1 is 0.621 bits per heavy atom. The van der Waals surface area contributed by atoms with Crippen LogP contribution in [0.25, 0.3) is 0 Å². The molecule has 29 heavy (non-hydrogen) atoms. The highest BCUT2D eigenvalue weighted by Gasteiger charge is 2.15. The molecule has 0 saturated heterocycles. The van der Waals surface area contributed by atoms with Gasteiger partial charge in [0, 0.05) is 12.1 Å². The van der Waals surface area contributed by atoms with Crippen molar-refractivity contribution in [2.24, 2.45) is 0 Å². The molecule has 0 aliphatic rings. The highest BCUT2D eigenvalue weighted by Crippen LogP contribution is 2.16. The van der Waals surface area contributed by atoms with Crippen LogP contribution in [0.2, 0.25) is 0 Å². The van der Waals surface area contributed by atoms with Crippen molar-refractivity contribution in [1.82, 2.24) is 5.32 Å². The van der Waals surface area contributed by atoms with Crippen molar-refractivity contribution in [1.29, 1.82) is 0 Å². The second kappa shape index (κ2) is 22.5. The Morgan fingerprint density at radius 2 is 1.07 bits per heavy atom. The van der Waals surface area contributed by atoms with Crippen LogP contribution >= 0.6 is 0 Å². The molecule has 0 radical (unpaired) electrons. The molecular formula is C24H51NO4. The van der Waals surface area contributed by atoms with Gasteiger partial charge in [0.25, 0.3) is 0 Å². The topological polar surface area (TPSA) is 60.0 Å². The van der Waals surface area contributed by atoms with Crippen LogP contribution in [0.15, 0.2) is 0 Å². The summed E-state index contributed by atoms with van der Waals surface area (Å²) in [4.78, 5) is 0. The Bertz CT molecular complexity index is 285. The van der Waals surface area contributed by atoms with Crippen molar-refractivity contribution < 1.29 is 19.3 Å². The summed E-state index contributed by atoms with van der Waals surface area (Å²) in [6, 6.07) is 0. The number of aliphatic hydroxyl groups excluding tert-OH is 1. The molecule has 0 rings (SSSR count). The summed E-state index contributed by atoms with van der Waals surface area (Å²) in [6.45, 7) is 11.2. The van der Waals surface area contributed by atoms with E-state index in [1.165, 1.54) is 77.0 Å². The van der Waals surface area contributed by atoms with Gasteiger partial charge >= 0.3 is 0 Å². The largest absolute Gasteiger partial charge is 0.394 e. The fraction of sp³-hybridized carbons (Fsp3) is 1.00. The van der Waals surface area contributed by atoms with E-state index in [9.17, 15) is 0 Å². The molecule has 0 fully saturated rings. The smallest absolute Gasteiger partial charge is 0.0701 e. The van der Waals surface area contributed by atoms with Crippen molar-refractivity contribution in [2.75, 3.05) is 52.8 Å². The van der Waals surface area contributed by atoms with Gasteiger partial charge in [-0.1, -0.05) is 77.6 Å². The standard InChI is InChI=1S/C24H51NO4/c1-4-5-6-7-8-9-10-11-12-13-14-15-24(2,3)25-16-18-27-20-22-29-23-21-28-19-17-26/h25-26H,4-23H2,1-3H3. The van der Waals surface area contributed by atoms with Gasteiger partial charge in [-0.25, -0.2) is 0 Å². The van der Waals surface area contributed by atoms with E-state index in [0.29, 0.717) is 39.6 Å². The molecule has 0 atom stereocenters. The lowest BCUT2D eigenvalue weighted by Gasteiger charge is -2.26. The van der Waals surface area contributed by atoms with Crippen molar-refractivity contribution in [3.8, 4) is 0 Å². The maximum absolute atomic E-state index is 8.58. The van der Waals surface area contributed by atoms with Crippen LogP contribution in [0.3, 0.4) is 0 Å². The van der Waals surface area contributed by atoms with E-state index in [1.807, 2.05) is 0 Å². The van der Waals surface area contributed by atoms with Crippen LogP contribution in [-0.2, 0) is 14.2 Å². The summed E-state index contributed by atoms with van der Waals surface area (Å²) < 4.78 is 16.1. The Hall–Kier alpha value is -0.200. The molecule has 0 aliphatic heterocycles. The zero-order valence-corrected chi connectivity index (χ0v) is 19.8. The fourth-order valence-corrected chi connectivity index (χ4v) is 3.39. The minimum atomic E-state index is 0.0612. The zero-order valence-electron chi connectivity index (χ0n) is 19.8. The third-order valence-electron chi connectivity index (χ3n) is 5.23. The number of nitrogens with one attached hydrogen (secondary N) is 1. The van der Waals surface area contributed by atoms with E-state index in [0.717, 1.165) is 6.54 Å². The first-order valence-corrected chi connectivity index (χ1v) is 12.2. The molecule has 0 aliphatic carbocycles. The van der Waals surface area contributed by atoms with Gasteiger partial charge in [-0.05, 0) is 20.3 Å². The van der Waals surface area contributed by atoms with Gasteiger partial charge in [0.15, 0.2) is 0 Å². The molecule has 2 N–H and O–H groups in total. The summed E-state index contributed by atoms with van der Waals surface area (Å²) in [5.74, 6) is 0. The molecular weight excluding hydrogens is 366 g/mol. The first-order valence-electron chi connectivity index (χ1n) is 12.2. The molecule has 176 valence electrons. The normalized spacial score (nSPS) is 12.0. The number of unbranched alkanes of at least 4 members (excludes halogenated alkanes) is 10. The maximum atomic E-state index is 8.58. The van der Waals surface area contributed by atoms with Crippen LogP contribution in [-0.4, -0.2) is 63.4 Å². The summed E-state index contributed by atoms with van der Waals surface area (Å²) in [7, 11) is 0. The predicted molar refractivity (Wildman–Crippen MR) is 123 cm³/mol. The third-order valence-corrected chi connectivity index (χ3v) is 5.23. The Labute approximate surface area is 181 Å². The monoisotopic (exact) mass is 417 g/mol. The summed E-state index contributed by atoms with van der Waals surface area (Å²) in [5.41, 5.74) is 0.184.